The molecule has 0 aromatic carbocycles. The molecular formula is C9H15NO. The Balaban J connectivity index is 2.21. The third-order valence-corrected chi connectivity index (χ3v) is 2.64. The fraction of sp³-hybridized carbons (Fsp3) is 0.778. The Hall–Kier alpha value is -0.500. The zero-order valence-corrected chi connectivity index (χ0v) is 6.77. The number of nitrogens with one attached hydrogen (secondary N) is 1. The summed E-state index contributed by atoms with van der Waals surface area (Å²) in [6, 6.07) is 0. The number of aliphatic hydroxyl groups is 1. The highest BCUT2D eigenvalue weighted by Gasteiger charge is 2.22. The standard InChI is InChI=1S/C9H15NO/c11-8-5-1-3-7-4-2-6-10-9(7)8/h8,10-11H,1-6H2. The van der Waals surface area contributed by atoms with E-state index >= 15 is 0 Å². The molecule has 0 radical (unpaired) electrons. The Morgan fingerprint density at radius 2 is 2.09 bits per heavy atom. The summed E-state index contributed by atoms with van der Waals surface area (Å²) in [6.45, 7) is 1.05. The molecule has 1 heterocycles. The molecule has 1 aliphatic heterocycles. The monoisotopic (exact) mass is 153 g/mol. The Morgan fingerprint density at radius 1 is 1.27 bits per heavy atom. The molecule has 0 amide bonds. The maximum Gasteiger partial charge on any atom is 0.0934 e. The predicted molar refractivity (Wildman–Crippen MR) is 44.1 cm³/mol. The third-order valence-electron chi connectivity index (χ3n) is 2.64. The minimum atomic E-state index is -0.181. The fourth-order valence-electron chi connectivity index (χ4n) is 2.05. The fourth-order valence-corrected chi connectivity index (χ4v) is 2.05. The molecule has 0 aromatic heterocycles. The van der Waals surface area contributed by atoms with E-state index in [9.17, 15) is 5.11 Å². The second-order valence-electron chi connectivity index (χ2n) is 3.46. The van der Waals surface area contributed by atoms with Gasteiger partial charge in [0.15, 0.2) is 0 Å². The summed E-state index contributed by atoms with van der Waals surface area (Å²) in [7, 11) is 0. The molecule has 2 N–H and O–H groups in total. The number of allylic oxidation sites excluding steroid dienone is 1. The topological polar surface area (TPSA) is 32.3 Å². The molecule has 2 rings (SSSR count). The van der Waals surface area contributed by atoms with Crippen LogP contribution in [0.1, 0.15) is 32.1 Å². The van der Waals surface area contributed by atoms with Crippen molar-refractivity contribution in [1.29, 1.82) is 0 Å². The van der Waals surface area contributed by atoms with E-state index in [4.69, 9.17) is 0 Å². The van der Waals surface area contributed by atoms with Gasteiger partial charge in [0.25, 0.3) is 0 Å². The summed E-state index contributed by atoms with van der Waals surface area (Å²) >= 11 is 0. The Morgan fingerprint density at radius 3 is 2.91 bits per heavy atom. The van der Waals surface area contributed by atoms with E-state index in [0.717, 1.165) is 18.7 Å². The highest BCUT2D eigenvalue weighted by atomic mass is 16.3. The van der Waals surface area contributed by atoms with Gasteiger partial charge in [-0.3, -0.25) is 0 Å². The van der Waals surface area contributed by atoms with E-state index < -0.39 is 0 Å². The largest absolute Gasteiger partial charge is 0.387 e. The average molecular weight is 153 g/mol. The van der Waals surface area contributed by atoms with Gasteiger partial charge in [-0.1, -0.05) is 0 Å². The summed E-state index contributed by atoms with van der Waals surface area (Å²) < 4.78 is 0. The lowest BCUT2D eigenvalue weighted by Crippen LogP contribution is -2.32. The van der Waals surface area contributed by atoms with E-state index in [-0.39, 0.29) is 6.10 Å². The molecule has 2 nitrogen and oxygen atoms in total. The SMILES string of the molecule is OC1CCCC2=C1NCCC2. The van der Waals surface area contributed by atoms with Crippen LogP contribution in [0.3, 0.4) is 0 Å². The van der Waals surface area contributed by atoms with Crippen molar-refractivity contribution >= 4 is 0 Å². The summed E-state index contributed by atoms with van der Waals surface area (Å²) in [6.07, 6.45) is 5.59. The third kappa shape index (κ3) is 1.27. The molecule has 0 saturated carbocycles. The smallest absolute Gasteiger partial charge is 0.0934 e. The van der Waals surface area contributed by atoms with E-state index in [1.165, 1.54) is 31.3 Å². The maximum atomic E-state index is 9.58. The summed E-state index contributed by atoms with van der Waals surface area (Å²) in [4.78, 5) is 0. The van der Waals surface area contributed by atoms with Crippen molar-refractivity contribution in [1.82, 2.24) is 5.32 Å². The lowest BCUT2D eigenvalue weighted by Gasteiger charge is -2.29. The van der Waals surface area contributed by atoms with Crippen LogP contribution in [0.4, 0.5) is 0 Å². The van der Waals surface area contributed by atoms with Gasteiger partial charge in [0.05, 0.1) is 6.10 Å². The quantitative estimate of drug-likeness (QED) is 0.547. The summed E-state index contributed by atoms with van der Waals surface area (Å²) in [5, 5.41) is 12.9. The Bertz CT molecular complexity index is 182. The van der Waals surface area contributed by atoms with Crippen LogP contribution in [0.25, 0.3) is 0 Å². The molecule has 62 valence electrons. The molecule has 11 heavy (non-hydrogen) atoms. The van der Waals surface area contributed by atoms with Crippen molar-refractivity contribution in [3.8, 4) is 0 Å². The van der Waals surface area contributed by atoms with Crippen LogP contribution in [0, 0.1) is 0 Å². The summed E-state index contributed by atoms with van der Waals surface area (Å²) in [5.74, 6) is 0. The van der Waals surface area contributed by atoms with Gasteiger partial charge in [-0.15, -0.1) is 0 Å². The molecule has 2 aliphatic rings. The second-order valence-corrected chi connectivity index (χ2v) is 3.46. The van der Waals surface area contributed by atoms with Gasteiger partial charge < -0.3 is 10.4 Å². The van der Waals surface area contributed by atoms with Crippen molar-refractivity contribution in [2.24, 2.45) is 0 Å². The summed E-state index contributed by atoms with van der Waals surface area (Å²) in [5.41, 5.74) is 2.64. The van der Waals surface area contributed by atoms with Crippen LogP contribution >= 0.6 is 0 Å². The van der Waals surface area contributed by atoms with Gasteiger partial charge in [0.2, 0.25) is 0 Å². The van der Waals surface area contributed by atoms with Crippen molar-refractivity contribution < 1.29 is 5.11 Å². The minimum Gasteiger partial charge on any atom is -0.387 e. The van der Waals surface area contributed by atoms with Crippen molar-refractivity contribution in [2.45, 2.75) is 38.2 Å². The zero-order chi connectivity index (χ0) is 7.68. The van der Waals surface area contributed by atoms with Crippen LogP contribution in [0.5, 0.6) is 0 Å². The number of hydrogen-bond donors (Lipinski definition) is 2. The molecule has 1 aliphatic carbocycles. The first kappa shape index (κ1) is 7.17. The van der Waals surface area contributed by atoms with Gasteiger partial charge in [0.1, 0.15) is 0 Å². The van der Waals surface area contributed by atoms with E-state index in [0.29, 0.717) is 0 Å². The minimum absolute atomic E-state index is 0.181. The predicted octanol–water partition coefficient (Wildman–Crippen LogP) is 1.17. The molecule has 2 heteroatoms. The average Bonchev–Trinajstić information content (AvgIpc) is 2.06. The normalized spacial score (nSPS) is 31.2. The number of hydrogen-bond acceptors (Lipinski definition) is 2. The van der Waals surface area contributed by atoms with Crippen molar-refractivity contribution in [2.75, 3.05) is 6.54 Å². The number of aliphatic hydroxyl groups excluding tert-OH is 1. The second kappa shape index (κ2) is 2.86. The van der Waals surface area contributed by atoms with Crippen LogP contribution in [0.15, 0.2) is 11.3 Å². The van der Waals surface area contributed by atoms with Crippen LogP contribution < -0.4 is 5.32 Å². The maximum absolute atomic E-state index is 9.58. The number of rotatable bonds is 0. The molecule has 0 saturated heterocycles. The van der Waals surface area contributed by atoms with Gasteiger partial charge >= 0.3 is 0 Å². The molecule has 1 unspecified atom stereocenters. The lowest BCUT2D eigenvalue weighted by molar-refractivity contribution is 0.175. The highest BCUT2D eigenvalue weighted by molar-refractivity contribution is 5.21. The van der Waals surface area contributed by atoms with Crippen molar-refractivity contribution in [3.63, 3.8) is 0 Å². The van der Waals surface area contributed by atoms with E-state index in [2.05, 4.69) is 5.32 Å². The first-order chi connectivity index (χ1) is 5.38. The Labute approximate surface area is 67.3 Å². The molecule has 0 bridgehead atoms. The first-order valence-corrected chi connectivity index (χ1v) is 4.52. The van der Waals surface area contributed by atoms with Gasteiger partial charge in [0, 0.05) is 12.2 Å². The van der Waals surface area contributed by atoms with Gasteiger partial charge in [-0.05, 0) is 37.7 Å². The first-order valence-electron chi connectivity index (χ1n) is 4.52. The molecule has 0 fully saturated rings. The van der Waals surface area contributed by atoms with Crippen molar-refractivity contribution in [3.05, 3.63) is 11.3 Å². The van der Waals surface area contributed by atoms with Crippen LogP contribution in [-0.2, 0) is 0 Å². The highest BCUT2D eigenvalue weighted by Crippen LogP contribution is 2.28. The van der Waals surface area contributed by atoms with E-state index in [1.807, 2.05) is 0 Å². The van der Waals surface area contributed by atoms with Gasteiger partial charge in [-0.25, -0.2) is 0 Å². The molecule has 1 atom stereocenters. The zero-order valence-electron chi connectivity index (χ0n) is 6.77. The van der Waals surface area contributed by atoms with Crippen LogP contribution in [-0.4, -0.2) is 17.8 Å². The molecule has 0 aromatic rings. The van der Waals surface area contributed by atoms with E-state index in [1.54, 1.807) is 0 Å². The molecular weight excluding hydrogens is 138 g/mol. The Kier molecular flexibility index (Phi) is 1.86. The molecule has 0 spiro atoms. The lowest BCUT2D eigenvalue weighted by atomic mass is 9.89. The van der Waals surface area contributed by atoms with Crippen LogP contribution in [0.2, 0.25) is 0 Å². The van der Waals surface area contributed by atoms with Gasteiger partial charge in [-0.2, -0.15) is 0 Å².